The predicted octanol–water partition coefficient (Wildman–Crippen LogP) is 4.49. The molecule has 2 N–H and O–H groups in total. The standard InChI is InChI=1S/C16H13BrN2O/c1-10-6-13(17)9-14(7-10)19-16(20)12-3-2-11-4-5-18-15(11)8-12/h2-9,18H,1H3,(H,19,20). The number of halogens is 1. The number of anilines is 1. The molecule has 0 aliphatic rings. The van der Waals surface area contributed by atoms with Crippen molar-refractivity contribution < 1.29 is 4.79 Å². The SMILES string of the molecule is Cc1cc(Br)cc(NC(=O)c2ccc3cc[nH]c3c2)c1. The van der Waals surface area contributed by atoms with Gasteiger partial charge in [-0.15, -0.1) is 0 Å². The van der Waals surface area contributed by atoms with Crippen LogP contribution in [0.1, 0.15) is 15.9 Å². The molecule has 0 unspecified atom stereocenters. The van der Waals surface area contributed by atoms with Crippen LogP contribution >= 0.6 is 15.9 Å². The average molecular weight is 329 g/mol. The first-order valence-corrected chi connectivity index (χ1v) is 7.07. The highest BCUT2D eigenvalue weighted by atomic mass is 79.9. The van der Waals surface area contributed by atoms with Gasteiger partial charge in [-0.05, 0) is 54.3 Å². The number of aromatic amines is 1. The van der Waals surface area contributed by atoms with Gasteiger partial charge in [0.1, 0.15) is 0 Å². The minimum atomic E-state index is -0.112. The Morgan fingerprint density at radius 1 is 1.15 bits per heavy atom. The van der Waals surface area contributed by atoms with Gasteiger partial charge in [0.2, 0.25) is 0 Å². The number of carbonyl (C=O) groups excluding carboxylic acids is 1. The molecule has 2 aromatic carbocycles. The molecule has 100 valence electrons. The molecular formula is C16H13BrN2O. The summed E-state index contributed by atoms with van der Waals surface area (Å²) in [5.41, 5.74) is 3.48. The summed E-state index contributed by atoms with van der Waals surface area (Å²) in [5, 5.41) is 4.01. The van der Waals surface area contributed by atoms with Crippen molar-refractivity contribution in [1.29, 1.82) is 0 Å². The Morgan fingerprint density at radius 2 is 2.00 bits per heavy atom. The van der Waals surface area contributed by atoms with Crippen LogP contribution in [-0.2, 0) is 0 Å². The van der Waals surface area contributed by atoms with Crippen LogP contribution in [-0.4, -0.2) is 10.9 Å². The van der Waals surface area contributed by atoms with E-state index in [9.17, 15) is 4.79 Å². The normalized spacial score (nSPS) is 10.7. The minimum Gasteiger partial charge on any atom is -0.361 e. The molecule has 0 aliphatic heterocycles. The van der Waals surface area contributed by atoms with Crippen LogP contribution in [0.15, 0.2) is 53.1 Å². The first-order chi connectivity index (χ1) is 9.61. The number of rotatable bonds is 2. The lowest BCUT2D eigenvalue weighted by Crippen LogP contribution is -2.11. The summed E-state index contributed by atoms with van der Waals surface area (Å²) >= 11 is 3.43. The van der Waals surface area contributed by atoms with Crippen molar-refractivity contribution >= 4 is 38.4 Å². The van der Waals surface area contributed by atoms with E-state index in [0.717, 1.165) is 26.6 Å². The van der Waals surface area contributed by atoms with E-state index >= 15 is 0 Å². The molecule has 0 saturated heterocycles. The fraction of sp³-hybridized carbons (Fsp3) is 0.0625. The van der Waals surface area contributed by atoms with Crippen molar-refractivity contribution in [3.8, 4) is 0 Å². The van der Waals surface area contributed by atoms with Crippen LogP contribution < -0.4 is 5.32 Å². The Morgan fingerprint density at radius 3 is 2.80 bits per heavy atom. The molecule has 0 saturated carbocycles. The molecule has 3 aromatic rings. The van der Waals surface area contributed by atoms with Gasteiger partial charge in [-0.25, -0.2) is 0 Å². The third kappa shape index (κ3) is 2.60. The van der Waals surface area contributed by atoms with E-state index < -0.39 is 0 Å². The first kappa shape index (κ1) is 12.9. The maximum atomic E-state index is 12.3. The number of amides is 1. The first-order valence-electron chi connectivity index (χ1n) is 6.27. The second kappa shape index (κ2) is 5.13. The van der Waals surface area contributed by atoms with Gasteiger partial charge < -0.3 is 10.3 Å². The number of H-pyrrole nitrogens is 1. The minimum absolute atomic E-state index is 0.112. The number of hydrogen-bond acceptors (Lipinski definition) is 1. The van der Waals surface area contributed by atoms with E-state index in [0.29, 0.717) is 5.56 Å². The van der Waals surface area contributed by atoms with Crippen molar-refractivity contribution in [2.45, 2.75) is 6.92 Å². The quantitative estimate of drug-likeness (QED) is 0.715. The Kier molecular flexibility index (Phi) is 3.32. The van der Waals surface area contributed by atoms with Gasteiger partial charge in [-0.3, -0.25) is 4.79 Å². The van der Waals surface area contributed by atoms with Gasteiger partial charge in [0.25, 0.3) is 5.91 Å². The molecule has 0 atom stereocenters. The second-order valence-corrected chi connectivity index (χ2v) is 5.67. The monoisotopic (exact) mass is 328 g/mol. The highest BCUT2D eigenvalue weighted by Gasteiger charge is 2.08. The highest BCUT2D eigenvalue weighted by Crippen LogP contribution is 2.20. The van der Waals surface area contributed by atoms with Crippen LogP contribution in [0.4, 0.5) is 5.69 Å². The Hall–Kier alpha value is -2.07. The molecule has 0 fully saturated rings. The summed E-state index contributed by atoms with van der Waals surface area (Å²) in [5.74, 6) is -0.112. The number of aryl methyl sites for hydroxylation is 1. The van der Waals surface area contributed by atoms with Crippen LogP contribution in [0, 0.1) is 6.92 Å². The number of fused-ring (bicyclic) bond motifs is 1. The molecule has 0 bridgehead atoms. The van der Waals surface area contributed by atoms with Gasteiger partial charge in [0.15, 0.2) is 0 Å². The maximum Gasteiger partial charge on any atom is 0.255 e. The summed E-state index contributed by atoms with van der Waals surface area (Å²) in [6, 6.07) is 13.4. The summed E-state index contributed by atoms with van der Waals surface area (Å²) < 4.78 is 0.952. The van der Waals surface area contributed by atoms with Crippen LogP contribution in [0.3, 0.4) is 0 Å². The van der Waals surface area contributed by atoms with Gasteiger partial charge >= 0.3 is 0 Å². The van der Waals surface area contributed by atoms with Crippen LogP contribution in [0.5, 0.6) is 0 Å². The van der Waals surface area contributed by atoms with E-state index in [2.05, 4.69) is 26.2 Å². The lowest BCUT2D eigenvalue weighted by Gasteiger charge is -2.07. The molecule has 1 amide bonds. The Bertz CT molecular complexity index is 772. The molecule has 20 heavy (non-hydrogen) atoms. The fourth-order valence-electron chi connectivity index (χ4n) is 2.20. The van der Waals surface area contributed by atoms with Crippen molar-refractivity contribution in [2.24, 2.45) is 0 Å². The van der Waals surface area contributed by atoms with E-state index in [1.807, 2.05) is 55.6 Å². The van der Waals surface area contributed by atoms with Gasteiger partial charge in [-0.1, -0.05) is 22.0 Å². The van der Waals surface area contributed by atoms with Gasteiger partial charge in [-0.2, -0.15) is 0 Å². The molecule has 1 aromatic heterocycles. The number of hydrogen-bond donors (Lipinski definition) is 2. The largest absolute Gasteiger partial charge is 0.361 e. The number of benzene rings is 2. The molecule has 3 rings (SSSR count). The van der Waals surface area contributed by atoms with Crippen molar-refractivity contribution in [3.63, 3.8) is 0 Å². The number of carbonyl (C=O) groups is 1. The molecule has 0 radical (unpaired) electrons. The van der Waals surface area contributed by atoms with Gasteiger partial charge in [0.05, 0.1) is 0 Å². The Labute approximate surface area is 125 Å². The lowest BCUT2D eigenvalue weighted by molar-refractivity contribution is 0.102. The fourth-order valence-corrected chi connectivity index (χ4v) is 2.81. The summed E-state index contributed by atoms with van der Waals surface area (Å²) in [6.45, 7) is 1.99. The van der Waals surface area contributed by atoms with Crippen molar-refractivity contribution in [3.05, 3.63) is 64.3 Å². The third-order valence-corrected chi connectivity index (χ3v) is 3.58. The molecule has 0 spiro atoms. The van der Waals surface area contributed by atoms with Crippen LogP contribution in [0.2, 0.25) is 0 Å². The molecule has 3 nitrogen and oxygen atoms in total. The molecule has 0 aliphatic carbocycles. The smallest absolute Gasteiger partial charge is 0.255 e. The average Bonchev–Trinajstić information content (AvgIpc) is 2.84. The zero-order chi connectivity index (χ0) is 14.1. The predicted molar refractivity (Wildman–Crippen MR) is 85.1 cm³/mol. The van der Waals surface area contributed by atoms with E-state index in [1.165, 1.54) is 0 Å². The topological polar surface area (TPSA) is 44.9 Å². The summed E-state index contributed by atoms with van der Waals surface area (Å²) in [6.07, 6.45) is 1.87. The number of nitrogens with one attached hydrogen (secondary N) is 2. The summed E-state index contributed by atoms with van der Waals surface area (Å²) in [4.78, 5) is 15.4. The molecule has 4 heteroatoms. The van der Waals surface area contributed by atoms with Crippen molar-refractivity contribution in [1.82, 2.24) is 4.98 Å². The van der Waals surface area contributed by atoms with Gasteiger partial charge in [0, 0.05) is 27.4 Å². The lowest BCUT2D eigenvalue weighted by atomic mass is 10.1. The van der Waals surface area contributed by atoms with Crippen LogP contribution in [0.25, 0.3) is 10.9 Å². The summed E-state index contributed by atoms with van der Waals surface area (Å²) in [7, 11) is 0. The van der Waals surface area contributed by atoms with E-state index in [-0.39, 0.29) is 5.91 Å². The maximum absolute atomic E-state index is 12.3. The zero-order valence-electron chi connectivity index (χ0n) is 10.9. The van der Waals surface area contributed by atoms with Crippen molar-refractivity contribution in [2.75, 3.05) is 5.32 Å². The third-order valence-electron chi connectivity index (χ3n) is 3.12. The number of aromatic nitrogens is 1. The van der Waals surface area contributed by atoms with E-state index in [4.69, 9.17) is 0 Å². The van der Waals surface area contributed by atoms with E-state index in [1.54, 1.807) is 0 Å². The zero-order valence-corrected chi connectivity index (χ0v) is 12.5. The second-order valence-electron chi connectivity index (χ2n) is 4.75. The Balaban J connectivity index is 1.88. The molecule has 1 heterocycles. The molecular weight excluding hydrogens is 316 g/mol. The highest BCUT2D eigenvalue weighted by molar-refractivity contribution is 9.10.